The average molecular weight is 419 g/mol. The SMILES string of the molecule is COC(=O)c1ccccc1Nc1ncnc(N2CCN(Cc3ccccc3)CC2)c1N. The number of piperazine rings is 1. The van der Waals surface area contributed by atoms with Gasteiger partial charge in [0.15, 0.2) is 11.6 Å². The highest BCUT2D eigenvalue weighted by Crippen LogP contribution is 2.30. The number of anilines is 4. The van der Waals surface area contributed by atoms with Crippen molar-refractivity contribution >= 4 is 29.0 Å². The number of aromatic nitrogens is 2. The van der Waals surface area contributed by atoms with Crippen LogP contribution >= 0.6 is 0 Å². The Bertz CT molecular complexity index is 1040. The molecule has 3 N–H and O–H groups in total. The van der Waals surface area contributed by atoms with E-state index in [9.17, 15) is 4.79 Å². The average Bonchev–Trinajstić information content (AvgIpc) is 2.81. The molecule has 0 atom stereocenters. The Morgan fingerprint density at radius 3 is 2.48 bits per heavy atom. The zero-order valence-corrected chi connectivity index (χ0v) is 17.5. The summed E-state index contributed by atoms with van der Waals surface area (Å²) in [5.74, 6) is 0.742. The largest absolute Gasteiger partial charge is 0.465 e. The number of hydrogen-bond donors (Lipinski definition) is 2. The zero-order valence-electron chi connectivity index (χ0n) is 17.5. The summed E-state index contributed by atoms with van der Waals surface area (Å²) in [6, 6.07) is 17.6. The van der Waals surface area contributed by atoms with E-state index in [1.807, 2.05) is 12.1 Å². The number of esters is 1. The van der Waals surface area contributed by atoms with Crippen LogP contribution in [-0.4, -0.2) is 54.1 Å². The van der Waals surface area contributed by atoms with E-state index in [1.54, 1.807) is 18.2 Å². The molecular formula is C23H26N6O2. The number of carbonyl (C=O) groups is 1. The van der Waals surface area contributed by atoms with Crippen LogP contribution in [0.4, 0.5) is 23.0 Å². The second-order valence-electron chi connectivity index (χ2n) is 7.37. The first kappa shape index (κ1) is 20.6. The minimum Gasteiger partial charge on any atom is -0.465 e. The van der Waals surface area contributed by atoms with Gasteiger partial charge in [-0.1, -0.05) is 42.5 Å². The van der Waals surface area contributed by atoms with E-state index in [0.29, 0.717) is 28.6 Å². The minimum absolute atomic E-state index is 0.416. The fourth-order valence-electron chi connectivity index (χ4n) is 3.70. The lowest BCUT2D eigenvalue weighted by Crippen LogP contribution is -2.46. The number of hydrogen-bond acceptors (Lipinski definition) is 8. The highest BCUT2D eigenvalue weighted by molar-refractivity contribution is 5.97. The van der Waals surface area contributed by atoms with Crippen LogP contribution in [0.1, 0.15) is 15.9 Å². The fraction of sp³-hybridized carbons (Fsp3) is 0.261. The van der Waals surface area contributed by atoms with Crippen LogP contribution in [0.15, 0.2) is 60.9 Å². The summed E-state index contributed by atoms with van der Waals surface area (Å²) in [6.07, 6.45) is 1.49. The zero-order chi connectivity index (χ0) is 21.6. The maximum Gasteiger partial charge on any atom is 0.339 e. The van der Waals surface area contributed by atoms with E-state index >= 15 is 0 Å². The Balaban J connectivity index is 1.46. The lowest BCUT2D eigenvalue weighted by atomic mass is 10.1. The predicted octanol–water partition coefficient (Wildman–Crippen LogP) is 2.91. The van der Waals surface area contributed by atoms with Crippen LogP contribution in [-0.2, 0) is 11.3 Å². The molecule has 160 valence electrons. The van der Waals surface area contributed by atoms with Gasteiger partial charge in [0.2, 0.25) is 0 Å². The summed E-state index contributed by atoms with van der Waals surface area (Å²) < 4.78 is 4.86. The first-order valence-electron chi connectivity index (χ1n) is 10.2. The molecule has 31 heavy (non-hydrogen) atoms. The number of para-hydroxylation sites is 1. The summed E-state index contributed by atoms with van der Waals surface area (Å²) in [4.78, 5) is 25.4. The molecule has 0 unspecified atom stereocenters. The van der Waals surface area contributed by atoms with E-state index in [0.717, 1.165) is 32.7 Å². The van der Waals surface area contributed by atoms with Gasteiger partial charge in [-0.15, -0.1) is 0 Å². The molecular weight excluding hydrogens is 392 g/mol. The summed E-state index contributed by atoms with van der Waals surface area (Å²) in [5.41, 5.74) is 9.19. The van der Waals surface area contributed by atoms with Crippen LogP contribution in [0.3, 0.4) is 0 Å². The normalized spacial score (nSPS) is 14.3. The van der Waals surface area contributed by atoms with Gasteiger partial charge in [0, 0.05) is 32.7 Å². The highest BCUT2D eigenvalue weighted by atomic mass is 16.5. The van der Waals surface area contributed by atoms with E-state index in [4.69, 9.17) is 10.5 Å². The van der Waals surface area contributed by atoms with Crippen molar-refractivity contribution in [3.05, 3.63) is 72.1 Å². The molecule has 0 aliphatic carbocycles. The third-order valence-corrected chi connectivity index (χ3v) is 5.37. The van der Waals surface area contributed by atoms with Crippen molar-refractivity contribution in [2.45, 2.75) is 6.54 Å². The number of benzene rings is 2. The Morgan fingerprint density at radius 2 is 1.74 bits per heavy atom. The Morgan fingerprint density at radius 1 is 1.03 bits per heavy atom. The first-order valence-corrected chi connectivity index (χ1v) is 10.2. The highest BCUT2D eigenvalue weighted by Gasteiger charge is 2.22. The summed E-state index contributed by atoms with van der Waals surface area (Å²) in [7, 11) is 1.35. The molecule has 0 bridgehead atoms. The predicted molar refractivity (Wildman–Crippen MR) is 121 cm³/mol. The Kier molecular flexibility index (Phi) is 6.28. The molecule has 4 rings (SSSR count). The molecule has 0 amide bonds. The number of nitrogen functional groups attached to an aromatic ring is 1. The molecule has 3 aromatic rings. The van der Waals surface area contributed by atoms with Crippen molar-refractivity contribution in [2.75, 3.05) is 49.2 Å². The van der Waals surface area contributed by atoms with Gasteiger partial charge < -0.3 is 20.7 Å². The van der Waals surface area contributed by atoms with Crippen LogP contribution in [0.25, 0.3) is 0 Å². The number of nitrogens with two attached hydrogens (primary N) is 1. The van der Waals surface area contributed by atoms with Gasteiger partial charge in [-0.25, -0.2) is 14.8 Å². The van der Waals surface area contributed by atoms with Crippen molar-refractivity contribution < 1.29 is 9.53 Å². The number of nitrogens with one attached hydrogen (secondary N) is 1. The van der Waals surface area contributed by atoms with Gasteiger partial charge in [0.1, 0.15) is 12.0 Å². The number of nitrogens with zero attached hydrogens (tertiary/aromatic N) is 4. The van der Waals surface area contributed by atoms with E-state index in [2.05, 4.69) is 49.4 Å². The number of carbonyl (C=O) groups excluding carboxylic acids is 1. The van der Waals surface area contributed by atoms with Gasteiger partial charge in [-0.2, -0.15) is 0 Å². The quantitative estimate of drug-likeness (QED) is 0.590. The van der Waals surface area contributed by atoms with Crippen LogP contribution in [0, 0.1) is 0 Å². The molecule has 2 heterocycles. The van der Waals surface area contributed by atoms with Gasteiger partial charge in [0.05, 0.1) is 18.4 Å². The second-order valence-corrected chi connectivity index (χ2v) is 7.37. The fourth-order valence-corrected chi connectivity index (χ4v) is 3.70. The van der Waals surface area contributed by atoms with Crippen molar-refractivity contribution in [3.63, 3.8) is 0 Å². The van der Waals surface area contributed by atoms with Gasteiger partial charge in [-0.05, 0) is 17.7 Å². The maximum atomic E-state index is 12.0. The molecule has 1 fully saturated rings. The van der Waals surface area contributed by atoms with Crippen molar-refractivity contribution in [1.29, 1.82) is 0 Å². The van der Waals surface area contributed by atoms with Crippen LogP contribution < -0.4 is 16.0 Å². The molecule has 1 aromatic heterocycles. The van der Waals surface area contributed by atoms with Crippen molar-refractivity contribution in [3.8, 4) is 0 Å². The molecule has 8 heteroatoms. The van der Waals surface area contributed by atoms with Crippen molar-refractivity contribution in [2.24, 2.45) is 0 Å². The third kappa shape index (κ3) is 4.75. The monoisotopic (exact) mass is 418 g/mol. The van der Waals surface area contributed by atoms with E-state index in [-0.39, 0.29) is 0 Å². The van der Waals surface area contributed by atoms with Crippen LogP contribution in [0.5, 0.6) is 0 Å². The molecule has 0 radical (unpaired) electrons. The van der Waals surface area contributed by atoms with Crippen molar-refractivity contribution in [1.82, 2.24) is 14.9 Å². The summed E-state index contributed by atoms with van der Waals surface area (Å²) in [6.45, 7) is 4.43. The van der Waals surface area contributed by atoms with E-state index in [1.165, 1.54) is 19.0 Å². The lowest BCUT2D eigenvalue weighted by molar-refractivity contribution is 0.0602. The number of rotatable bonds is 6. The minimum atomic E-state index is -0.425. The Labute approximate surface area is 181 Å². The molecule has 1 saturated heterocycles. The maximum absolute atomic E-state index is 12.0. The molecule has 0 spiro atoms. The third-order valence-electron chi connectivity index (χ3n) is 5.37. The van der Waals surface area contributed by atoms with E-state index < -0.39 is 5.97 Å². The molecule has 8 nitrogen and oxygen atoms in total. The summed E-state index contributed by atoms with van der Waals surface area (Å²) in [5, 5.41) is 3.16. The number of methoxy groups -OCH3 is 1. The topological polar surface area (TPSA) is 96.6 Å². The molecule has 1 aliphatic rings. The number of ether oxygens (including phenoxy) is 1. The van der Waals surface area contributed by atoms with Gasteiger partial charge in [0.25, 0.3) is 0 Å². The van der Waals surface area contributed by atoms with Gasteiger partial charge >= 0.3 is 5.97 Å². The van der Waals surface area contributed by atoms with Crippen LogP contribution in [0.2, 0.25) is 0 Å². The summed E-state index contributed by atoms with van der Waals surface area (Å²) >= 11 is 0. The standard InChI is InChI=1S/C23H26N6O2/c1-31-23(30)18-9-5-6-10-19(18)27-21-20(24)22(26-16-25-21)29-13-11-28(12-14-29)15-17-7-3-2-4-8-17/h2-10,16H,11-15,24H2,1H3,(H,25,26,27). The molecule has 2 aromatic carbocycles. The van der Waals surface area contributed by atoms with Gasteiger partial charge in [-0.3, -0.25) is 4.90 Å². The lowest BCUT2D eigenvalue weighted by Gasteiger charge is -2.36. The Hall–Kier alpha value is -3.65. The molecule has 0 saturated carbocycles. The molecule has 1 aliphatic heterocycles. The second kappa shape index (κ2) is 9.44. The smallest absolute Gasteiger partial charge is 0.339 e. The first-order chi connectivity index (χ1) is 15.2.